The number of pyridine rings is 1. The third kappa shape index (κ3) is 8.66. The minimum atomic E-state index is -6.00. The van der Waals surface area contributed by atoms with Crippen LogP contribution in [0, 0.1) is 10.1 Å². The largest absolute Gasteiger partial charge is 0.673 e. The third-order valence-corrected chi connectivity index (χ3v) is 1.17. The van der Waals surface area contributed by atoms with Gasteiger partial charge in [-0.05, 0) is 0 Å². The Balaban J connectivity index is 0.000000336. The Labute approximate surface area is 82.4 Å². The van der Waals surface area contributed by atoms with Crippen LogP contribution in [0.4, 0.5) is 23.0 Å². The van der Waals surface area contributed by atoms with Gasteiger partial charge in [-0.3, -0.25) is 10.1 Å². The molecule has 0 aromatic carbocycles. The predicted octanol–water partition coefficient (Wildman–Crippen LogP) is 1.72. The second-order valence-electron chi connectivity index (χ2n) is 2.47. The second kappa shape index (κ2) is 5.27. The van der Waals surface area contributed by atoms with Crippen LogP contribution < -0.4 is 4.57 Å². The summed E-state index contributed by atoms with van der Waals surface area (Å²) >= 11 is 0. The Hall–Kier alpha value is -1.67. The molecule has 1 rings (SSSR count). The van der Waals surface area contributed by atoms with E-state index in [1.165, 1.54) is 12.1 Å². The van der Waals surface area contributed by atoms with Crippen LogP contribution in [0.15, 0.2) is 24.5 Å². The normalized spacial score (nSPS) is 10.2. The van der Waals surface area contributed by atoms with Crippen LogP contribution in [0.1, 0.15) is 0 Å². The molecule has 0 fully saturated rings. The molecule has 0 amide bonds. The van der Waals surface area contributed by atoms with Gasteiger partial charge in [-0.1, -0.05) is 0 Å². The van der Waals surface area contributed by atoms with Gasteiger partial charge in [0.1, 0.15) is 7.05 Å². The molecule has 9 heteroatoms. The topological polar surface area (TPSA) is 47.0 Å². The summed E-state index contributed by atoms with van der Waals surface area (Å²) in [6, 6.07) is 2.92. The molecule has 0 bridgehead atoms. The Kier molecular flexibility index (Phi) is 4.69. The van der Waals surface area contributed by atoms with Gasteiger partial charge in [0, 0.05) is 0 Å². The zero-order chi connectivity index (χ0) is 12.1. The average molecular weight is 226 g/mol. The van der Waals surface area contributed by atoms with Gasteiger partial charge in [0.05, 0.1) is 17.1 Å². The second-order valence-corrected chi connectivity index (χ2v) is 2.47. The SMILES string of the molecule is C[n+]1ccc([N+](=O)[O-])cc1.F[B-](F)(F)F. The molecule has 0 unspecified atom stereocenters. The van der Waals surface area contributed by atoms with Crippen molar-refractivity contribution in [1.82, 2.24) is 0 Å². The van der Waals surface area contributed by atoms with Crippen molar-refractivity contribution in [1.29, 1.82) is 0 Å². The summed E-state index contributed by atoms with van der Waals surface area (Å²) in [6.07, 6.45) is 3.27. The highest BCUT2D eigenvalue weighted by Crippen LogP contribution is 2.06. The number of nitrogens with zero attached hydrogens (tertiary/aromatic N) is 2. The van der Waals surface area contributed by atoms with E-state index in [1.54, 1.807) is 17.0 Å². The first kappa shape index (κ1) is 13.3. The lowest BCUT2D eigenvalue weighted by Gasteiger charge is -1.94. The van der Waals surface area contributed by atoms with Crippen molar-refractivity contribution in [3.05, 3.63) is 34.6 Å². The fraction of sp³-hybridized carbons (Fsp3) is 0.167. The third-order valence-electron chi connectivity index (χ3n) is 1.17. The Morgan fingerprint density at radius 3 is 1.87 bits per heavy atom. The number of nitro groups is 1. The van der Waals surface area contributed by atoms with E-state index in [9.17, 15) is 27.4 Å². The van der Waals surface area contributed by atoms with Gasteiger partial charge in [0.2, 0.25) is 0 Å². The zero-order valence-corrected chi connectivity index (χ0v) is 7.61. The van der Waals surface area contributed by atoms with Crippen LogP contribution in [0.5, 0.6) is 0 Å². The van der Waals surface area contributed by atoms with E-state index in [0.29, 0.717) is 0 Å². The molecule has 0 radical (unpaired) electrons. The summed E-state index contributed by atoms with van der Waals surface area (Å²) < 4.78 is 40.7. The summed E-state index contributed by atoms with van der Waals surface area (Å²) in [4.78, 5) is 9.69. The quantitative estimate of drug-likeness (QED) is 0.240. The number of rotatable bonds is 1. The molecule has 0 aliphatic rings. The van der Waals surface area contributed by atoms with Crippen molar-refractivity contribution >= 4 is 12.9 Å². The van der Waals surface area contributed by atoms with Gasteiger partial charge in [-0.25, -0.2) is 4.57 Å². The molecule has 84 valence electrons. The molecule has 0 N–H and O–H groups in total. The minimum absolute atomic E-state index is 0.123. The van der Waals surface area contributed by atoms with Crippen LogP contribution in [0.25, 0.3) is 0 Å². The lowest BCUT2D eigenvalue weighted by atomic mass is 10.3. The van der Waals surface area contributed by atoms with Crippen molar-refractivity contribution < 1.29 is 26.8 Å². The summed E-state index contributed by atoms with van der Waals surface area (Å²) in [5.74, 6) is 0. The van der Waals surface area contributed by atoms with Crippen molar-refractivity contribution in [2.75, 3.05) is 0 Å². The van der Waals surface area contributed by atoms with Crippen LogP contribution in [0.2, 0.25) is 0 Å². The Bertz CT molecular complexity index is 321. The maximum atomic E-state index is 10.1. The van der Waals surface area contributed by atoms with Crippen LogP contribution in [-0.4, -0.2) is 12.2 Å². The smallest absolute Gasteiger partial charge is 0.418 e. The van der Waals surface area contributed by atoms with Crippen molar-refractivity contribution in [3.63, 3.8) is 0 Å². The van der Waals surface area contributed by atoms with E-state index in [1.807, 2.05) is 7.05 Å². The number of halogens is 4. The summed E-state index contributed by atoms with van der Waals surface area (Å²) in [7, 11) is -4.19. The number of aromatic nitrogens is 1. The van der Waals surface area contributed by atoms with Gasteiger partial charge >= 0.3 is 7.25 Å². The number of aryl methyl sites for hydroxylation is 1. The predicted molar refractivity (Wildman–Crippen MR) is 44.5 cm³/mol. The molecule has 0 saturated carbocycles. The maximum Gasteiger partial charge on any atom is 0.673 e. The van der Waals surface area contributed by atoms with Crippen LogP contribution in [-0.2, 0) is 7.05 Å². The molecular weight excluding hydrogens is 219 g/mol. The molecule has 4 nitrogen and oxygen atoms in total. The minimum Gasteiger partial charge on any atom is -0.418 e. The number of hydrogen-bond acceptors (Lipinski definition) is 2. The van der Waals surface area contributed by atoms with E-state index >= 15 is 0 Å². The fourth-order valence-electron chi connectivity index (χ4n) is 0.615. The monoisotopic (exact) mass is 226 g/mol. The highest BCUT2D eigenvalue weighted by molar-refractivity contribution is 6.50. The molecule has 0 aliphatic heterocycles. The lowest BCUT2D eigenvalue weighted by molar-refractivity contribution is -0.672. The van der Waals surface area contributed by atoms with E-state index < -0.39 is 12.2 Å². The molecule has 0 spiro atoms. The van der Waals surface area contributed by atoms with Crippen molar-refractivity contribution in [2.45, 2.75) is 0 Å². The summed E-state index contributed by atoms with van der Waals surface area (Å²) in [5, 5.41) is 10.1. The molecule has 0 aliphatic carbocycles. The number of hydrogen-bond donors (Lipinski definition) is 0. The van der Waals surface area contributed by atoms with Crippen LogP contribution in [0.3, 0.4) is 0 Å². The summed E-state index contributed by atoms with van der Waals surface area (Å²) in [6.45, 7) is 0. The lowest BCUT2D eigenvalue weighted by Crippen LogP contribution is -2.25. The van der Waals surface area contributed by atoms with E-state index in [2.05, 4.69) is 0 Å². The van der Waals surface area contributed by atoms with Gasteiger partial charge in [-0.15, -0.1) is 0 Å². The Morgan fingerprint density at radius 1 is 1.27 bits per heavy atom. The highest BCUT2D eigenvalue weighted by Gasteiger charge is 2.20. The Morgan fingerprint density at radius 2 is 1.60 bits per heavy atom. The molecule has 15 heavy (non-hydrogen) atoms. The first-order chi connectivity index (χ1) is 6.70. The standard InChI is InChI=1S/C6H7N2O2.BF4/c1-7-4-2-6(3-5-7)8(9)10;2-1(3,4)5/h2-5H,1H3;/q+1;-1. The van der Waals surface area contributed by atoms with E-state index in [-0.39, 0.29) is 5.69 Å². The molecule has 1 heterocycles. The van der Waals surface area contributed by atoms with Gasteiger partial charge in [-0.2, -0.15) is 0 Å². The van der Waals surface area contributed by atoms with Gasteiger partial charge in [0.15, 0.2) is 12.4 Å². The van der Waals surface area contributed by atoms with Crippen molar-refractivity contribution in [2.24, 2.45) is 7.05 Å². The molecular formula is C6H7BF4N2O2. The van der Waals surface area contributed by atoms with Crippen LogP contribution >= 0.6 is 0 Å². The summed E-state index contributed by atoms with van der Waals surface area (Å²) in [5.41, 5.74) is 0.123. The first-order valence-electron chi connectivity index (χ1n) is 3.67. The van der Waals surface area contributed by atoms with E-state index in [0.717, 1.165) is 0 Å². The molecule has 1 aromatic rings. The maximum absolute atomic E-state index is 10.1. The molecule has 0 saturated heterocycles. The average Bonchev–Trinajstić information content (AvgIpc) is 2.01. The van der Waals surface area contributed by atoms with Gasteiger partial charge in [0.25, 0.3) is 5.69 Å². The van der Waals surface area contributed by atoms with Crippen molar-refractivity contribution in [3.8, 4) is 0 Å². The highest BCUT2D eigenvalue weighted by atomic mass is 19.5. The van der Waals surface area contributed by atoms with E-state index in [4.69, 9.17) is 0 Å². The van der Waals surface area contributed by atoms with Gasteiger partial charge < -0.3 is 17.3 Å². The zero-order valence-electron chi connectivity index (χ0n) is 7.61. The fourth-order valence-corrected chi connectivity index (χ4v) is 0.615. The first-order valence-corrected chi connectivity index (χ1v) is 3.67. The molecule has 0 atom stereocenters. The molecule has 1 aromatic heterocycles.